The second-order valence-electron chi connectivity index (χ2n) is 7.04. The van der Waals surface area contributed by atoms with E-state index in [-0.39, 0.29) is 24.5 Å². The summed E-state index contributed by atoms with van der Waals surface area (Å²) in [6, 6.07) is 16.2. The fourth-order valence-corrected chi connectivity index (χ4v) is 3.24. The number of nitrogens with one attached hydrogen (secondary N) is 2. The Morgan fingerprint density at radius 3 is 2.33 bits per heavy atom. The van der Waals surface area contributed by atoms with Gasteiger partial charge in [-0.1, -0.05) is 36.9 Å². The Hall–Kier alpha value is -3.61. The van der Waals surface area contributed by atoms with Crippen LogP contribution >= 0.6 is 0 Å². The average Bonchev–Trinajstić information content (AvgIpc) is 2.79. The first kappa shape index (κ1) is 21.1. The van der Waals surface area contributed by atoms with Gasteiger partial charge in [0.05, 0.1) is 0 Å². The number of hydrogen-bond donors (Lipinski definition) is 2. The molecule has 7 heteroatoms. The number of hydrogen-bond acceptors (Lipinski definition) is 4. The number of carbonyl (C=O) groups is 3. The van der Waals surface area contributed by atoms with Crippen molar-refractivity contribution in [1.29, 1.82) is 0 Å². The first-order chi connectivity index (χ1) is 14.5. The molecule has 0 radical (unpaired) electrons. The van der Waals surface area contributed by atoms with Gasteiger partial charge in [0.2, 0.25) is 5.91 Å². The van der Waals surface area contributed by atoms with Crippen molar-refractivity contribution in [3.8, 4) is 0 Å². The van der Waals surface area contributed by atoms with E-state index in [0.717, 1.165) is 5.56 Å². The predicted octanol–water partition coefficient (Wildman–Crippen LogP) is 3.34. The highest BCUT2D eigenvalue weighted by Gasteiger charge is 2.24. The fraction of sp³-hybridized carbons (Fsp3) is 0.261. The molecule has 30 heavy (non-hydrogen) atoms. The molecular weight excluding hydrogens is 382 g/mol. The molecule has 0 unspecified atom stereocenters. The van der Waals surface area contributed by atoms with E-state index in [2.05, 4.69) is 17.2 Å². The van der Waals surface area contributed by atoms with Crippen LogP contribution in [0.4, 0.5) is 10.5 Å². The Labute approximate surface area is 175 Å². The lowest BCUT2D eigenvalue weighted by molar-refractivity contribution is -0.117. The molecule has 3 amide bonds. The Balaban J connectivity index is 1.46. The standard InChI is InChI=1S/C23H25N3O4/c1-2-21(27)24-20-12-14-26(15-13-20)22(28)18-8-10-19(11-9-18)25-23(29)30-16-17-6-4-3-5-7-17/h2-11,20H,1,12-16H2,(H,24,27)(H,25,29). The van der Waals surface area contributed by atoms with Crippen LogP contribution in [0, 0.1) is 0 Å². The maximum absolute atomic E-state index is 12.7. The van der Waals surface area contributed by atoms with Crippen LogP contribution in [0.5, 0.6) is 0 Å². The summed E-state index contributed by atoms with van der Waals surface area (Å²) in [5.74, 6) is -0.258. The molecule has 156 valence electrons. The van der Waals surface area contributed by atoms with Crippen molar-refractivity contribution >= 4 is 23.6 Å². The summed E-state index contributed by atoms with van der Waals surface area (Å²) in [5.41, 5.74) is 2.00. The first-order valence-electron chi connectivity index (χ1n) is 9.85. The molecule has 2 aromatic carbocycles. The number of rotatable bonds is 6. The molecule has 1 fully saturated rings. The van der Waals surface area contributed by atoms with Gasteiger partial charge in [0.25, 0.3) is 5.91 Å². The van der Waals surface area contributed by atoms with Crippen molar-refractivity contribution in [1.82, 2.24) is 10.2 Å². The van der Waals surface area contributed by atoms with Crippen LogP contribution in [0.1, 0.15) is 28.8 Å². The smallest absolute Gasteiger partial charge is 0.411 e. The SMILES string of the molecule is C=CC(=O)NC1CCN(C(=O)c2ccc(NC(=O)OCc3ccccc3)cc2)CC1. The number of nitrogens with zero attached hydrogens (tertiary/aromatic N) is 1. The summed E-state index contributed by atoms with van der Waals surface area (Å²) >= 11 is 0. The molecule has 3 rings (SSSR count). The minimum absolute atomic E-state index is 0.0630. The van der Waals surface area contributed by atoms with E-state index in [0.29, 0.717) is 37.2 Å². The van der Waals surface area contributed by atoms with Crippen molar-refractivity contribution in [3.63, 3.8) is 0 Å². The number of carbonyl (C=O) groups excluding carboxylic acids is 3. The predicted molar refractivity (Wildman–Crippen MR) is 114 cm³/mol. The van der Waals surface area contributed by atoms with Gasteiger partial charge in [-0.25, -0.2) is 4.79 Å². The quantitative estimate of drug-likeness (QED) is 0.719. The lowest BCUT2D eigenvalue weighted by atomic mass is 10.0. The highest BCUT2D eigenvalue weighted by atomic mass is 16.5. The van der Waals surface area contributed by atoms with E-state index in [4.69, 9.17) is 4.74 Å². The van der Waals surface area contributed by atoms with Gasteiger partial charge in [0.15, 0.2) is 0 Å². The van der Waals surface area contributed by atoms with E-state index in [1.807, 2.05) is 30.3 Å². The number of likely N-dealkylation sites (tertiary alicyclic amines) is 1. The minimum Gasteiger partial charge on any atom is -0.444 e. The van der Waals surface area contributed by atoms with Crippen LogP contribution < -0.4 is 10.6 Å². The molecule has 1 aliphatic rings. The Morgan fingerprint density at radius 1 is 1.03 bits per heavy atom. The Bertz CT molecular complexity index is 888. The summed E-state index contributed by atoms with van der Waals surface area (Å²) in [5, 5.41) is 5.52. The molecule has 0 spiro atoms. The molecule has 2 aromatic rings. The number of piperidine rings is 1. The van der Waals surface area contributed by atoms with Gasteiger partial charge in [-0.2, -0.15) is 0 Å². The molecule has 1 heterocycles. The molecule has 0 atom stereocenters. The van der Waals surface area contributed by atoms with Crippen molar-refractivity contribution in [2.45, 2.75) is 25.5 Å². The Morgan fingerprint density at radius 2 is 1.70 bits per heavy atom. The van der Waals surface area contributed by atoms with Gasteiger partial charge in [-0.15, -0.1) is 0 Å². The summed E-state index contributed by atoms with van der Waals surface area (Å²) < 4.78 is 5.19. The highest BCUT2D eigenvalue weighted by Crippen LogP contribution is 2.16. The third kappa shape index (κ3) is 5.94. The molecule has 1 aliphatic heterocycles. The zero-order valence-electron chi connectivity index (χ0n) is 16.7. The summed E-state index contributed by atoms with van der Waals surface area (Å²) in [6.07, 6.45) is 2.11. The molecular formula is C23H25N3O4. The molecule has 2 N–H and O–H groups in total. The minimum atomic E-state index is -0.554. The normalized spacial score (nSPS) is 13.9. The second kappa shape index (κ2) is 10.2. The van der Waals surface area contributed by atoms with Gasteiger partial charge < -0.3 is 15.0 Å². The van der Waals surface area contributed by atoms with Crippen LogP contribution in [0.25, 0.3) is 0 Å². The summed E-state index contributed by atoms with van der Waals surface area (Å²) in [6.45, 7) is 4.79. The lowest BCUT2D eigenvalue weighted by Gasteiger charge is -2.32. The van der Waals surface area contributed by atoms with Crippen LogP contribution in [0.2, 0.25) is 0 Å². The second-order valence-corrected chi connectivity index (χ2v) is 7.04. The summed E-state index contributed by atoms with van der Waals surface area (Å²) in [4.78, 5) is 37.8. The zero-order valence-corrected chi connectivity index (χ0v) is 16.7. The third-order valence-electron chi connectivity index (χ3n) is 4.90. The molecule has 0 aromatic heterocycles. The van der Waals surface area contributed by atoms with E-state index in [1.165, 1.54) is 6.08 Å². The largest absolute Gasteiger partial charge is 0.444 e. The molecule has 0 aliphatic carbocycles. The molecule has 0 bridgehead atoms. The molecule has 0 saturated carbocycles. The summed E-state index contributed by atoms with van der Waals surface area (Å²) in [7, 11) is 0. The van der Waals surface area contributed by atoms with Gasteiger partial charge >= 0.3 is 6.09 Å². The van der Waals surface area contributed by atoms with Crippen molar-refractivity contribution in [2.24, 2.45) is 0 Å². The van der Waals surface area contributed by atoms with E-state index < -0.39 is 6.09 Å². The van der Waals surface area contributed by atoms with Crippen LogP contribution in [0.15, 0.2) is 67.3 Å². The number of benzene rings is 2. The van der Waals surface area contributed by atoms with Gasteiger partial charge in [0.1, 0.15) is 6.61 Å². The Kier molecular flexibility index (Phi) is 7.21. The number of anilines is 1. The van der Waals surface area contributed by atoms with Crippen LogP contribution in [-0.2, 0) is 16.1 Å². The molecule has 7 nitrogen and oxygen atoms in total. The lowest BCUT2D eigenvalue weighted by Crippen LogP contribution is -2.46. The van der Waals surface area contributed by atoms with Gasteiger partial charge in [-0.3, -0.25) is 14.9 Å². The van der Waals surface area contributed by atoms with Gasteiger partial charge in [-0.05, 0) is 48.7 Å². The van der Waals surface area contributed by atoms with Crippen molar-refractivity contribution in [2.75, 3.05) is 18.4 Å². The van der Waals surface area contributed by atoms with E-state index in [1.54, 1.807) is 29.2 Å². The maximum atomic E-state index is 12.7. The van der Waals surface area contributed by atoms with E-state index >= 15 is 0 Å². The molecule has 1 saturated heterocycles. The number of ether oxygens (including phenoxy) is 1. The zero-order chi connectivity index (χ0) is 21.3. The van der Waals surface area contributed by atoms with Crippen molar-refractivity contribution < 1.29 is 19.1 Å². The average molecular weight is 407 g/mol. The monoisotopic (exact) mass is 407 g/mol. The third-order valence-corrected chi connectivity index (χ3v) is 4.90. The number of amides is 3. The van der Waals surface area contributed by atoms with Crippen molar-refractivity contribution in [3.05, 3.63) is 78.4 Å². The van der Waals surface area contributed by atoms with E-state index in [9.17, 15) is 14.4 Å². The van der Waals surface area contributed by atoms with Crippen LogP contribution in [-0.4, -0.2) is 41.9 Å². The topological polar surface area (TPSA) is 87.7 Å². The first-order valence-corrected chi connectivity index (χ1v) is 9.85. The fourth-order valence-electron chi connectivity index (χ4n) is 3.24. The van der Waals surface area contributed by atoms with Gasteiger partial charge in [0, 0.05) is 30.4 Å². The maximum Gasteiger partial charge on any atom is 0.411 e. The van der Waals surface area contributed by atoms with Crippen LogP contribution in [0.3, 0.4) is 0 Å². The highest BCUT2D eigenvalue weighted by molar-refractivity contribution is 5.95.